The van der Waals surface area contributed by atoms with E-state index in [-0.39, 0.29) is 0 Å². The van der Waals surface area contributed by atoms with E-state index in [2.05, 4.69) is 30.6 Å². The lowest BCUT2D eigenvalue weighted by Gasteiger charge is -2.14. The summed E-state index contributed by atoms with van der Waals surface area (Å²) in [6, 6.07) is 0. The lowest BCUT2D eigenvalue weighted by Crippen LogP contribution is -2.37. The average Bonchev–Trinajstić information content (AvgIpc) is 1.99. The molecule has 0 amide bonds. The molecule has 0 radical (unpaired) electrons. The minimum absolute atomic E-state index is 0.413. The van der Waals surface area contributed by atoms with Crippen molar-refractivity contribution in [1.29, 1.82) is 0 Å². The number of allylic oxidation sites excluding steroid dienone is 1. The van der Waals surface area contributed by atoms with Crippen LogP contribution in [0.15, 0.2) is 11.6 Å². The molecular formula is C8H18N2. The van der Waals surface area contributed by atoms with Gasteiger partial charge in [0.1, 0.15) is 0 Å². The van der Waals surface area contributed by atoms with Crippen LogP contribution in [0.3, 0.4) is 0 Å². The third-order valence-electron chi connectivity index (χ3n) is 1.72. The largest absolute Gasteiger partial charge is 0.305 e. The Morgan fingerprint density at radius 1 is 1.40 bits per heavy atom. The van der Waals surface area contributed by atoms with Crippen molar-refractivity contribution in [3.8, 4) is 0 Å². The molecule has 0 heterocycles. The lowest BCUT2D eigenvalue weighted by molar-refractivity contribution is 0.490. The average molecular weight is 142 g/mol. The van der Waals surface area contributed by atoms with Crippen LogP contribution in [0.2, 0.25) is 0 Å². The Bertz CT molecular complexity index is 104. The van der Waals surface area contributed by atoms with Gasteiger partial charge < -0.3 is 10.6 Å². The summed E-state index contributed by atoms with van der Waals surface area (Å²) in [6.07, 6.45) is 3.63. The second-order valence-corrected chi connectivity index (χ2v) is 2.47. The number of rotatable bonds is 4. The van der Waals surface area contributed by atoms with Crippen LogP contribution in [0.4, 0.5) is 0 Å². The monoisotopic (exact) mass is 142 g/mol. The van der Waals surface area contributed by atoms with Gasteiger partial charge >= 0.3 is 0 Å². The molecule has 10 heavy (non-hydrogen) atoms. The third-order valence-corrected chi connectivity index (χ3v) is 1.72. The Labute approximate surface area is 63.7 Å². The fourth-order valence-electron chi connectivity index (χ4n) is 0.788. The van der Waals surface area contributed by atoms with Crippen LogP contribution in [-0.2, 0) is 0 Å². The summed E-state index contributed by atoms with van der Waals surface area (Å²) in [5.74, 6) is 0. The molecular weight excluding hydrogens is 124 g/mol. The first-order valence-corrected chi connectivity index (χ1v) is 3.71. The maximum absolute atomic E-state index is 3.16. The number of hydrogen-bond acceptors (Lipinski definition) is 2. The maximum atomic E-state index is 3.16. The second kappa shape index (κ2) is 5.45. The zero-order chi connectivity index (χ0) is 7.98. The highest BCUT2D eigenvalue weighted by Gasteiger charge is 2.00. The van der Waals surface area contributed by atoms with Gasteiger partial charge in [0.2, 0.25) is 0 Å². The highest BCUT2D eigenvalue weighted by molar-refractivity contribution is 4.97. The van der Waals surface area contributed by atoms with Crippen LogP contribution in [0.1, 0.15) is 20.3 Å². The molecule has 0 aliphatic heterocycles. The molecule has 0 unspecified atom stereocenters. The maximum Gasteiger partial charge on any atom is 0.0604 e. The van der Waals surface area contributed by atoms with E-state index in [1.165, 1.54) is 5.57 Å². The van der Waals surface area contributed by atoms with E-state index in [1.807, 2.05) is 14.1 Å². The van der Waals surface area contributed by atoms with E-state index in [1.54, 1.807) is 0 Å². The predicted octanol–water partition coefficient (Wildman–Crippen LogP) is 1.11. The van der Waals surface area contributed by atoms with E-state index < -0.39 is 0 Å². The van der Waals surface area contributed by atoms with Crippen molar-refractivity contribution < 1.29 is 0 Å². The first kappa shape index (κ1) is 9.66. The quantitative estimate of drug-likeness (QED) is 0.454. The Balaban J connectivity index is 3.63. The molecule has 0 saturated carbocycles. The van der Waals surface area contributed by atoms with Gasteiger partial charge in [-0.1, -0.05) is 11.6 Å². The van der Waals surface area contributed by atoms with Gasteiger partial charge in [-0.25, -0.2) is 0 Å². The van der Waals surface area contributed by atoms with E-state index in [9.17, 15) is 0 Å². The minimum Gasteiger partial charge on any atom is -0.305 e. The first-order valence-electron chi connectivity index (χ1n) is 3.71. The summed E-state index contributed by atoms with van der Waals surface area (Å²) in [7, 11) is 3.92. The predicted molar refractivity (Wildman–Crippen MR) is 46.0 cm³/mol. The molecule has 0 aromatic heterocycles. The molecule has 0 bridgehead atoms. The third kappa shape index (κ3) is 3.64. The smallest absolute Gasteiger partial charge is 0.0604 e. The van der Waals surface area contributed by atoms with Crippen LogP contribution in [0, 0.1) is 0 Å². The Morgan fingerprint density at radius 3 is 2.20 bits per heavy atom. The molecule has 0 aromatic carbocycles. The van der Waals surface area contributed by atoms with Crippen molar-refractivity contribution in [3.05, 3.63) is 11.6 Å². The summed E-state index contributed by atoms with van der Waals surface area (Å²) in [4.78, 5) is 0. The van der Waals surface area contributed by atoms with Gasteiger partial charge in [0, 0.05) is 0 Å². The van der Waals surface area contributed by atoms with Crippen molar-refractivity contribution in [3.63, 3.8) is 0 Å². The molecule has 2 heteroatoms. The topological polar surface area (TPSA) is 24.1 Å². The highest BCUT2D eigenvalue weighted by atomic mass is 15.1. The van der Waals surface area contributed by atoms with E-state index >= 15 is 0 Å². The van der Waals surface area contributed by atoms with Crippen LogP contribution in [0.25, 0.3) is 0 Å². The summed E-state index contributed by atoms with van der Waals surface area (Å²) in [6.45, 7) is 4.21. The Hall–Kier alpha value is -0.340. The molecule has 0 aliphatic rings. The van der Waals surface area contributed by atoms with Crippen molar-refractivity contribution in [2.24, 2.45) is 0 Å². The lowest BCUT2D eigenvalue weighted by atomic mass is 10.2. The van der Waals surface area contributed by atoms with Crippen molar-refractivity contribution >= 4 is 0 Å². The van der Waals surface area contributed by atoms with Crippen LogP contribution < -0.4 is 10.6 Å². The highest BCUT2D eigenvalue weighted by Crippen LogP contribution is 2.00. The van der Waals surface area contributed by atoms with Gasteiger partial charge in [-0.2, -0.15) is 0 Å². The molecule has 2 N–H and O–H groups in total. The van der Waals surface area contributed by atoms with E-state index in [4.69, 9.17) is 0 Å². The summed E-state index contributed by atoms with van der Waals surface area (Å²) in [5, 5.41) is 6.33. The number of hydrogen-bond donors (Lipinski definition) is 2. The fraction of sp³-hybridized carbons (Fsp3) is 0.750. The van der Waals surface area contributed by atoms with Gasteiger partial charge in [0.25, 0.3) is 0 Å². The van der Waals surface area contributed by atoms with Crippen LogP contribution in [-0.4, -0.2) is 20.3 Å². The molecule has 0 aromatic rings. The molecule has 0 saturated heterocycles. The molecule has 0 rings (SSSR count). The van der Waals surface area contributed by atoms with Gasteiger partial charge in [-0.15, -0.1) is 0 Å². The van der Waals surface area contributed by atoms with Gasteiger partial charge in [0.05, 0.1) is 6.17 Å². The van der Waals surface area contributed by atoms with Gasteiger partial charge in [-0.3, -0.25) is 0 Å². The van der Waals surface area contributed by atoms with Crippen LogP contribution >= 0.6 is 0 Å². The molecule has 60 valence electrons. The fourth-order valence-corrected chi connectivity index (χ4v) is 0.788. The Morgan fingerprint density at radius 2 is 1.90 bits per heavy atom. The summed E-state index contributed by atoms with van der Waals surface area (Å²) < 4.78 is 0. The molecule has 0 atom stereocenters. The number of nitrogens with one attached hydrogen (secondary N) is 2. The summed E-state index contributed by atoms with van der Waals surface area (Å²) in [5.41, 5.74) is 1.41. The molecule has 2 nitrogen and oxygen atoms in total. The second-order valence-electron chi connectivity index (χ2n) is 2.47. The SMILES string of the molecule is CC=C(C)CC(NC)NC. The summed E-state index contributed by atoms with van der Waals surface area (Å²) >= 11 is 0. The minimum atomic E-state index is 0.413. The molecule has 0 fully saturated rings. The van der Waals surface area contributed by atoms with Gasteiger partial charge in [0.15, 0.2) is 0 Å². The standard InChI is InChI=1S/C8H18N2/c1-5-7(2)6-8(9-3)10-4/h5,8-10H,6H2,1-4H3. The van der Waals surface area contributed by atoms with Crippen molar-refractivity contribution in [1.82, 2.24) is 10.6 Å². The Kier molecular flexibility index (Phi) is 5.26. The van der Waals surface area contributed by atoms with Crippen molar-refractivity contribution in [2.75, 3.05) is 14.1 Å². The van der Waals surface area contributed by atoms with Gasteiger partial charge in [-0.05, 0) is 34.4 Å². The molecule has 0 aliphatic carbocycles. The van der Waals surface area contributed by atoms with Crippen molar-refractivity contribution in [2.45, 2.75) is 26.4 Å². The van der Waals surface area contributed by atoms with Crippen LogP contribution in [0.5, 0.6) is 0 Å². The zero-order valence-electron chi connectivity index (χ0n) is 7.36. The first-order chi connectivity index (χ1) is 4.74. The van der Waals surface area contributed by atoms with E-state index in [0.717, 1.165) is 6.42 Å². The van der Waals surface area contributed by atoms with E-state index in [0.29, 0.717) is 6.17 Å². The zero-order valence-corrected chi connectivity index (χ0v) is 7.36. The normalized spacial score (nSPS) is 12.7. The molecule has 0 spiro atoms.